The molecule has 2 rings (SSSR count). The number of benzene rings is 1. The maximum Gasteiger partial charge on any atom is 0.238 e. The normalized spacial score (nSPS) is 22.3. The van der Waals surface area contributed by atoms with E-state index in [4.69, 9.17) is 22.1 Å². The number of anilines is 1. The summed E-state index contributed by atoms with van der Waals surface area (Å²) in [5, 5.41) is 3.41. The Balaban J connectivity index is 1.95. The highest BCUT2D eigenvalue weighted by Gasteiger charge is 2.33. The number of rotatable bonds is 5. The van der Waals surface area contributed by atoms with Gasteiger partial charge in [-0.2, -0.15) is 0 Å². The number of nitrogens with one attached hydrogen (secondary N) is 1. The number of methoxy groups -OCH3 is 1. The van der Waals surface area contributed by atoms with Gasteiger partial charge >= 0.3 is 0 Å². The summed E-state index contributed by atoms with van der Waals surface area (Å²) >= 11 is 5.95. The van der Waals surface area contributed by atoms with Gasteiger partial charge in [-0.25, -0.2) is 0 Å². The van der Waals surface area contributed by atoms with Crippen molar-refractivity contribution in [1.82, 2.24) is 4.90 Å². The summed E-state index contributed by atoms with van der Waals surface area (Å²) in [6, 6.07) is 5.15. The van der Waals surface area contributed by atoms with Crippen LogP contribution < -0.4 is 15.8 Å². The van der Waals surface area contributed by atoms with Crippen molar-refractivity contribution in [2.24, 2.45) is 11.1 Å². The van der Waals surface area contributed by atoms with Gasteiger partial charge in [0.15, 0.2) is 0 Å². The summed E-state index contributed by atoms with van der Waals surface area (Å²) in [5.74, 6) is 0.526. The highest BCUT2D eigenvalue weighted by molar-refractivity contribution is 6.31. The second-order valence-electron chi connectivity index (χ2n) is 5.87. The lowest BCUT2D eigenvalue weighted by molar-refractivity contribution is -0.117. The predicted molar refractivity (Wildman–Crippen MR) is 84.9 cm³/mol. The Morgan fingerprint density at radius 2 is 2.33 bits per heavy atom. The number of carbonyl (C=O) groups is 1. The SMILES string of the molecule is COc1ccc(Cl)cc1NC(=O)CN1CCC(C)(CN)C1. The Morgan fingerprint density at radius 1 is 1.57 bits per heavy atom. The number of nitrogens with two attached hydrogens (primary N) is 1. The molecular formula is C15H22ClN3O2. The van der Waals surface area contributed by atoms with Gasteiger partial charge in [0.1, 0.15) is 5.75 Å². The van der Waals surface area contributed by atoms with Crippen molar-refractivity contribution in [2.45, 2.75) is 13.3 Å². The number of hydrogen-bond acceptors (Lipinski definition) is 4. The summed E-state index contributed by atoms with van der Waals surface area (Å²) in [4.78, 5) is 14.3. The third-order valence-corrected chi connectivity index (χ3v) is 4.17. The summed E-state index contributed by atoms with van der Waals surface area (Å²) in [5.41, 5.74) is 6.49. The molecule has 0 aliphatic carbocycles. The summed E-state index contributed by atoms with van der Waals surface area (Å²) in [6.07, 6.45) is 1.03. The molecule has 0 spiro atoms. The summed E-state index contributed by atoms with van der Waals surface area (Å²) in [7, 11) is 1.56. The minimum absolute atomic E-state index is 0.0724. The molecular weight excluding hydrogens is 290 g/mol. The fourth-order valence-electron chi connectivity index (χ4n) is 2.60. The van der Waals surface area contributed by atoms with Gasteiger partial charge < -0.3 is 15.8 Å². The minimum atomic E-state index is -0.0724. The van der Waals surface area contributed by atoms with Crippen molar-refractivity contribution in [3.8, 4) is 5.75 Å². The zero-order valence-corrected chi connectivity index (χ0v) is 13.2. The highest BCUT2D eigenvalue weighted by Crippen LogP contribution is 2.29. The number of amides is 1. The van der Waals surface area contributed by atoms with Crippen molar-refractivity contribution in [3.05, 3.63) is 23.2 Å². The van der Waals surface area contributed by atoms with E-state index in [-0.39, 0.29) is 11.3 Å². The Hall–Kier alpha value is -1.30. The molecule has 0 radical (unpaired) electrons. The van der Waals surface area contributed by atoms with Gasteiger partial charge in [0.2, 0.25) is 5.91 Å². The van der Waals surface area contributed by atoms with Crippen LogP contribution in [0.25, 0.3) is 0 Å². The van der Waals surface area contributed by atoms with Gasteiger partial charge in [-0.15, -0.1) is 0 Å². The lowest BCUT2D eigenvalue weighted by atomic mass is 9.90. The molecule has 1 fully saturated rings. The number of halogens is 1. The molecule has 6 heteroatoms. The largest absolute Gasteiger partial charge is 0.495 e. The van der Waals surface area contributed by atoms with Crippen LogP contribution in [0.4, 0.5) is 5.69 Å². The van der Waals surface area contributed by atoms with Crippen LogP contribution in [0.3, 0.4) is 0 Å². The second kappa shape index (κ2) is 6.64. The molecule has 1 heterocycles. The maximum atomic E-state index is 12.2. The first-order valence-electron chi connectivity index (χ1n) is 7.01. The molecule has 21 heavy (non-hydrogen) atoms. The Labute approximate surface area is 130 Å². The van der Waals surface area contributed by atoms with Gasteiger partial charge in [-0.1, -0.05) is 18.5 Å². The van der Waals surface area contributed by atoms with Crippen LogP contribution in [0.5, 0.6) is 5.75 Å². The third-order valence-electron chi connectivity index (χ3n) is 3.93. The molecule has 0 bridgehead atoms. The number of ether oxygens (including phenoxy) is 1. The van der Waals surface area contributed by atoms with E-state index in [9.17, 15) is 4.79 Å². The van der Waals surface area contributed by atoms with Crippen molar-refractivity contribution in [3.63, 3.8) is 0 Å². The first kappa shape index (κ1) is 16.1. The molecule has 3 N–H and O–H groups in total. The van der Waals surface area contributed by atoms with Gasteiger partial charge in [0, 0.05) is 11.6 Å². The number of nitrogens with zero attached hydrogens (tertiary/aromatic N) is 1. The van der Waals surface area contributed by atoms with Gasteiger partial charge in [-0.05, 0) is 43.1 Å². The molecule has 1 aliphatic rings. The smallest absolute Gasteiger partial charge is 0.238 e. The van der Waals surface area contributed by atoms with Crippen LogP contribution in [0.2, 0.25) is 5.02 Å². The third kappa shape index (κ3) is 4.09. The van der Waals surface area contributed by atoms with Crippen LogP contribution in [-0.4, -0.2) is 44.1 Å². The minimum Gasteiger partial charge on any atom is -0.495 e. The summed E-state index contributed by atoms with van der Waals surface area (Å²) < 4.78 is 5.22. The van der Waals surface area contributed by atoms with Gasteiger partial charge in [-0.3, -0.25) is 9.69 Å². The fourth-order valence-corrected chi connectivity index (χ4v) is 2.77. The molecule has 0 aromatic heterocycles. The monoisotopic (exact) mass is 311 g/mol. The lowest BCUT2D eigenvalue weighted by Crippen LogP contribution is -2.35. The summed E-state index contributed by atoms with van der Waals surface area (Å²) in [6.45, 7) is 4.90. The number of carbonyl (C=O) groups excluding carboxylic acids is 1. The Morgan fingerprint density at radius 3 is 2.95 bits per heavy atom. The van der Waals surface area contributed by atoms with Crippen LogP contribution in [0.1, 0.15) is 13.3 Å². The van der Waals surface area contributed by atoms with E-state index in [1.165, 1.54) is 0 Å². The molecule has 1 amide bonds. The molecule has 116 valence electrons. The molecule has 1 saturated heterocycles. The predicted octanol–water partition coefficient (Wildman–Crippen LogP) is 1.96. The highest BCUT2D eigenvalue weighted by atomic mass is 35.5. The van der Waals surface area contributed by atoms with Crippen LogP contribution in [0.15, 0.2) is 18.2 Å². The molecule has 1 aromatic rings. The first-order chi connectivity index (χ1) is 9.95. The van der Waals surface area contributed by atoms with Crippen molar-refractivity contribution < 1.29 is 9.53 Å². The van der Waals surface area contributed by atoms with E-state index < -0.39 is 0 Å². The van der Waals surface area contributed by atoms with Gasteiger partial charge in [0.25, 0.3) is 0 Å². The van der Waals surface area contributed by atoms with E-state index in [0.29, 0.717) is 29.5 Å². The standard InChI is InChI=1S/C15H22ClN3O2/c1-15(9-17)5-6-19(10-15)8-14(20)18-12-7-11(16)3-4-13(12)21-2/h3-4,7H,5-6,8-10,17H2,1-2H3,(H,18,20). The Bertz CT molecular complexity index is 524. The topological polar surface area (TPSA) is 67.6 Å². The number of hydrogen-bond donors (Lipinski definition) is 2. The quantitative estimate of drug-likeness (QED) is 0.872. The van der Waals surface area contributed by atoms with Crippen molar-refractivity contribution in [2.75, 3.05) is 38.6 Å². The molecule has 1 atom stereocenters. The van der Waals surface area contributed by atoms with E-state index in [1.807, 2.05) is 0 Å². The molecule has 0 saturated carbocycles. The second-order valence-corrected chi connectivity index (χ2v) is 6.30. The first-order valence-corrected chi connectivity index (χ1v) is 7.39. The maximum absolute atomic E-state index is 12.2. The van der Waals surface area contributed by atoms with E-state index in [0.717, 1.165) is 19.5 Å². The van der Waals surface area contributed by atoms with Gasteiger partial charge in [0.05, 0.1) is 19.3 Å². The fraction of sp³-hybridized carbons (Fsp3) is 0.533. The van der Waals surface area contributed by atoms with Crippen molar-refractivity contribution in [1.29, 1.82) is 0 Å². The van der Waals surface area contributed by atoms with Crippen molar-refractivity contribution >= 4 is 23.2 Å². The van der Waals surface area contributed by atoms with Crippen LogP contribution >= 0.6 is 11.6 Å². The lowest BCUT2D eigenvalue weighted by Gasteiger charge is -2.22. The van der Waals surface area contributed by atoms with E-state index >= 15 is 0 Å². The zero-order valence-electron chi connectivity index (χ0n) is 12.5. The Kier molecular flexibility index (Phi) is 5.08. The molecule has 1 aliphatic heterocycles. The molecule has 1 unspecified atom stereocenters. The van der Waals surface area contributed by atoms with Crippen LogP contribution in [0, 0.1) is 5.41 Å². The van der Waals surface area contributed by atoms with Crippen LogP contribution in [-0.2, 0) is 4.79 Å². The molecule has 1 aromatic carbocycles. The molecule has 5 nitrogen and oxygen atoms in total. The average Bonchev–Trinajstić information content (AvgIpc) is 2.81. The van der Waals surface area contributed by atoms with E-state index in [1.54, 1.807) is 25.3 Å². The van der Waals surface area contributed by atoms with E-state index in [2.05, 4.69) is 17.1 Å². The number of likely N-dealkylation sites (tertiary alicyclic amines) is 1. The zero-order chi connectivity index (χ0) is 15.5. The average molecular weight is 312 g/mol.